The van der Waals surface area contributed by atoms with Gasteiger partial charge in [-0.25, -0.2) is 4.79 Å². The minimum Gasteiger partial charge on any atom is -0.480 e. The molecule has 0 aromatic rings. The Labute approximate surface area is 95.1 Å². The molecule has 0 heterocycles. The molecule has 0 rings (SSSR count). The number of hydrogen-bond acceptors (Lipinski definition) is 4. The van der Waals surface area contributed by atoms with Gasteiger partial charge in [0.1, 0.15) is 6.61 Å². The molecule has 0 aromatic carbocycles. The number of hydrogen-bond donors (Lipinski definition) is 3. The zero-order chi connectivity index (χ0) is 12.8. The zero-order valence-electron chi connectivity index (χ0n) is 9.95. The molecule has 6 heteroatoms. The second kappa shape index (κ2) is 6.44. The Morgan fingerprint density at radius 3 is 2.44 bits per heavy atom. The van der Waals surface area contributed by atoms with Crippen molar-refractivity contribution in [1.82, 2.24) is 5.32 Å². The van der Waals surface area contributed by atoms with Crippen molar-refractivity contribution in [2.75, 3.05) is 19.8 Å². The van der Waals surface area contributed by atoms with E-state index in [4.69, 9.17) is 15.6 Å². The maximum atomic E-state index is 11.5. The van der Waals surface area contributed by atoms with Crippen molar-refractivity contribution in [3.8, 4) is 0 Å². The number of carboxylic acids is 1. The van der Waals surface area contributed by atoms with Gasteiger partial charge in [0.2, 0.25) is 5.91 Å². The van der Waals surface area contributed by atoms with Gasteiger partial charge in [0, 0.05) is 6.54 Å². The van der Waals surface area contributed by atoms with Crippen LogP contribution >= 0.6 is 0 Å². The smallest absolute Gasteiger partial charge is 0.329 e. The van der Waals surface area contributed by atoms with E-state index >= 15 is 0 Å². The number of rotatable bonds is 6. The number of nitrogens with one attached hydrogen (secondary N) is 1. The predicted molar refractivity (Wildman–Crippen MR) is 58.9 cm³/mol. The van der Waals surface area contributed by atoms with Crippen LogP contribution in [0.15, 0.2) is 0 Å². The SMILES string of the molecule is CC(C)(C)C(N)C(=O)NCCOCC(=O)O. The summed E-state index contributed by atoms with van der Waals surface area (Å²) in [6.07, 6.45) is 0. The van der Waals surface area contributed by atoms with Gasteiger partial charge in [-0.1, -0.05) is 20.8 Å². The fraction of sp³-hybridized carbons (Fsp3) is 0.800. The first-order valence-corrected chi connectivity index (χ1v) is 5.08. The summed E-state index contributed by atoms with van der Waals surface area (Å²) < 4.78 is 4.76. The van der Waals surface area contributed by atoms with Gasteiger partial charge >= 0.3 is 5.97 Å². The van der Waals surface area contributed by atoms with Crippen LogP contribution in [0.2, 0.25) is 0 Å². The molecule has 94 valence electrons. The lowest BCUT2D eigenvalue weighted by molar-refractivity contribution is -0.142. The molecule has 0 bridgehead atoms. The van der Waals surface area contributed by atoms with Crippen LogP contribution in [0.5, 0.6) is 0 Å². The maximum Gasteiger partial charge on any atom is 0.329 e. The van der Waals surface area contributed by atoms with Crippen LogP contribution in [0.3, 0.4) is 0 Å². The molecule has 0 saturated heterocycles. The van der Waals surface area contributed by atoms with Crippen LogP contribution in [0.1, 0.15) is 20.8 Å². The van der Waals surface area contributed by atoms with Gasteiger partial charge < -0.3 is 20.9 Å². The average molecular weight is 232 g/mol. The molecule has 1 unspecified atom stereocenters. The van der Waals surface area contributed by atoms with Crippen LogP contribution in [0.25, 0.3) is 0 Å². The fourth-order valence-corrected chi connectivity index (χ4v) is 0.909. The minimum absolute atomic E-state index is 0.162. The molecule has 0 fully saturated rings. The highest BCUT2D eigenvalue weighted by Gasteiger charge is 2.26. The third-order valence-electron chi connectivity index (χ3n) is 1.99. The number of ether oxygens (including phenoxy) is 1. The summed E-state index contributed by atoms with van der Waals surface area (Å²) in [7, 11) is 0. The van der Waals surface area contributed by atoms with Gasteiger partial charge in [-0.3, -0.25) is 4.79 Å². The summed E-state index contributed by atoms with van der Waals surface area (Å²) in [4.78, 5) is 21.6. The Bertz CT molecular complexity index is 248. The highest BCUT2D eigenvalue weighted by molar-refractivity contribution is 5.82. The average Bonchev–Trinajstić information content (AvgIpc) is 2.13. The Balaban J connectivity index is 3.70. The van der Waals surface area contributed by atoms with E-state index in [1.54, 1.807) is 0 Å². The molecule has 0 spiro atoms. The summed E-state index contributed by atoms with van der Waals surface area (Å²) in [5.41, 5.74) is 5.41. The summed E-state index contributed by atoms with van der Waals surface area (Å²) in [6.45, 7) is 5.68. The number of nitrogens with two attached hydrogens (primary N) is 1. The monoisotopic (exact) mass is 232 g/mol. The van der Waals surface area contributed by atoms with E-state index in [9.17, 15) is 9.59 Å². The highest BCUT2D eigenvalue weighted by atomic mass is 16.5. The van der Waals surface area contributed by atoms with Crippen molar-refractivity contribution < 1.29 is 19.4 Å². The topological polar surface area (TPSA) is 102 Å². The Morgan fingerprint density at radius 2 is 2.00 bits per heavy atom. The molecule has 16 heavy (non-hydrogen) atoms. The second-order valence-electron chi connectivity index (χ2n) is 4.58. The van der Waals surface area contributed by atoms with Gasteiger partial charge in [-0.05, 0) is 5.41 Å². The van der Waals surface area contributed by atoms with Crippen LogP contribution in [-0.4, -0.2) is 42.8 Å². The van der Waals surface area contributed by atoms with E-state index in [0.717, 1.165) is 0 Å². The molecule has 0 aromatic heterocycles. The standard InChI is InChI=1S/C10H20N2O4/c1-10(2,3)8(11)9(15)12-4-5-16-6-7(13)14/h8H,4-6,11H2,1-3H3,(H,12,15)(H,13,14). The molecule has 0 radical (unpaired) electrons. The van der Waals surface area contributed by atoms with Crippen molar-refractivity contribution in [2.24, 2.45) is 11.1 Å². The highest BCUT2D eigenvalue weighted by Crippen LogP contribution is 2.16. The Kier molecular flexibility index (Phi) is 5.98. The van der Waals surface area contributed by atoms with Gasteiger partial charge in [-0.15, -0.1) is 0 Å². The zero-order valence-corrected chi connectivity index (χ0v) is 9.95. The predicted octanol–water partition coefficient (Wildman–Crippen LogP) is -0.423. The van der Waals surface area contributed by atoms with Gasteiger partial charge in [0.25, 0.3) is 0 Å². The fourth-order valence-electron chi connectivity index (χ4n) is 0.909. The van der Waals surface area contributed by atoms with Crippen molar-refractivity contribution in [1.29, 1.82) is 0 Å². The molecule has 0 aliphatic heterocycles. The van der Waals surface area contributed by atoms with Crippen molar-refractivity contribution >= 4 is 11.9 Å². The molecule has 0 saturated carbocycles. The summed E-state index contributed by atoms with van der Waals surface area (Å²) in [5, 5.41) is 10.9. The Hall–Kier alpha value is -1.14. The molecule has 4 N–H and O–H groups in total. The number of amides is 1. The molecule has 1 atom stereocenters. The molecule has 0 aliphatic carbocycles. The number of carboxylic acid groups (broad SMARTS) is 1. The van der Waals surface area contributed by atoms with Crippen LogP contribution < -0.4 is 11.1 Å². The number of carbonyl (C=O) groups is 2. The van der Waals surface area contributed by atoms with Crippen molar-refractivity contribution in [3.63, 3.8) is 0 Å². The second-order valence-corrected chi connectivity index (χ2v) is 4.58. The van der Waals surface area contributed by atoms with E-state index in [-0.39, 0.29) is 31.1 Å². The largest absolute Gasteiger partial charge is 0.480 e. The Morgan fingerprint density at radius 1 is 1.44 bits per heavy atom. The summed E-state index contributed by atoms with van der Waals surface area (Å²) in [5.74, 6) is -1.29. The number of aliphatic carboxylic acids is 1. The summed E-state index contributed by atoms with van der Waals surface area (Å²) in [6, 6.07) is -0.591. The maximum absolute atomic E-state index is 11.5. The third-order valence-corrected chi connectivity index (χ3v) is 1.99. The molecule has 6 nitrogen and oxygen atoms in total. The van der Waals surface area contributed by atoms with Gasteiger partial charge in [0.05, 0.1) is 12.6 Å². The lowest BCUT2D eigenvalue weighted by atomic mass is 9.87. The summed E-state index contributed by atoms with van der Waals surface area (Å²) >= 11 is 0. The van der Waals surface area contributed by atoms with E-state index in [1.807, 2.05) is 20.8 Å². The van der Waals surface area contributed by atoms with Crippen LogP contribution in [0, 0.1) is 5.41 Å². The lowest BCUT2D eigenvalue weighted by Crippen LogP contribution is -2.49. The molecule has 0 aliphatic rings. The van der Waals surface area contributed by atoms with Crippen LogP contribution in [-0.2, 0) is 14.3 Å². The first-order valence-electron chi connectivity index (χ1n) is 5.08. The van der Waals surface area contributed by atoms with Crippen LogP contribution in [0.4, 0.5) is 0 Å². The molecular weight excluding hydrogens is 212 g/mol. The third kappa shape index (κ3) is 6.36. The van der Waals surface area contributed by atoms with Crippen molar-refractivity contribution in [2.45, 2.75) is 26.8 Å². The normalized spacial score (nSPS) is 13.2. The van der Waals surface area contributed by atoms with E-state index in [0.29, 0.717) is 0 Å². The van der Waals surface area contributed by atoms with E-state index < -0.39 is 12.0 Å². The van der Waals surface area contributed by atoms with Crippen molar-refractivity contribution in [3.05, 3.63) is 0 Å². The quantitative estimate of drug-likeness (QED) is 0.540. The molecule has 1 amide bonds. The van der Waals surface area contributed by atoms with Gasteiger partial charge in [0.15, 0.2) is 0 Å². The first-order chi connectivity index (χ1) is 7.25. The minimum atomic E-state index is -1.03. The van der Waals surface area contributed by atoms with E-state index in [2.05, 4.69) is 5.32 Å². The molecular formula is C10H20N2O4. The lowest BCUT2D eigenvalue weighted by Gasteiger charge is -2.25. The van der Waals surface area contributed by atoms with E-state index in [1.165, 1.54) is 0 Å². The number of carbonyl (C=O) groups excluding carboxylic acids is 1. The first kappa shape index (κ1) is 14.9. The van der Waals surface area contributed by atoms with Gasteiger partial charge in [-0.2, -0.15) is 0 Å².